The summed E-state index contributed by atoms with van der Waals surface area (Å²) < 4.78 is 34.6. The molecule has 10 heteroatoms. The standard InChI is InChI=1S/C24H18F2N4O4/c1-34-18-9-4-6-15(12-18)14-29-23(32)21(22(31)27-17-8-5-7-16(25)13-17)28-30(24(29)33)20-11-3-2-10-19(20)26/h2-13H,14H2,1H3,(H,27,31). The topological polar surface area (TPSA) is 95.2 Å². The van der Waals surface area contributed by atoms with E-state index in [4.69, 9.17) is 4.74 Å². The molecule has 0 spiro atoms. The van der Waals surface area contributed by atoms with E-state index in [-0.39, 0.29) is 17.9 Å². The van der Waals surface area contributed by atoms with E-state index in [1.165, 1.54) is 43.5 Å². The fraction of sp³-hybridized carbons (Fsp3) is 0.0833. The van der Waals surface area contributed by atoms with Crippen LogP contribution in [0.25, 0.3) is 5.69 Å². The smallest absolute Gasteiger partial charge is 0.352 e. The second kappa shape index (κ2) is 9.49. The lowest BCUT2D eigenvalue weighted by molar-refractivity contribution is 0.101. The fourth-order valence-corrected chi connectivity index (χ4v) is 3.29. The average molecular weight is 464 g/mol. The number of nitrogens with zero attached hydrogens (tertiary/aromatic N) is 3. The summed E-state index contributed by atoms with van der Waals surface area (Å²) in [6, 6.07) is 17.0. The Morgan fingerprint density at radius 2 is 1.76 bits per heavy atom. The van der Waals surface area contributed by atoms with Crippen molar-refractivity contribution in [2.75, 3.05) is 12.4 Å². The van der Waals surface area contributed by atoms with Gasteiger partial charge in [-0.15, -0.1) is 0 Å². The van der Waals surface area contributed by atoms with Crippen molar-refractivity contribution in [2.24, 2.45) is 0 Å². The van der Waals surface area contributed by atoms with E-state index in [1.807, 2.05) is 0 Å². The van der Waals surface area contributed by atoms with Crippen molar-refractivity contribution in [2.45, 2.75) is 6.54 Å². The molecule has 0 bridgehead atoms. The first kappa shape index (κ1) is 22.6. The highest BCUT2D eigenvalue weighted by Crippen LogP contribution is 2.14. The molecule has 0 saturated carbocycles. The molecule has 0 radical (unpaired) electrons. The van der Waals surface area contributed by atoms with Crippen molar-refractivity contribution in [1.82, 2.24) is 14.3 Å². The first-order valence-corrected chi connectivity index (χ1v) is 10.1. The van der Waals surface area contributed by atoms with Gasteiger partial charge in [0.1, 0.15) is 23.1 Å². The minimum atomic E-state index is -0.991. The van der Waals surface area contributed by atoms with E-state index < -0.39 is 34.5 Å². The van der Waals surface area contributed by atoms with E-state index in [0.29, 0.717) is 16.0 Å². The molecular weight excluding hydrogens is 446 g/mol. The molecule has 1 heterocycles. The predicted octanol–water partition coefficient (Wildman–Crippen LogP) is 2.98. The van der Waals surface area contributed by atoms with Gasteiger partial charge >= 0.3 is 5.69 Å². The lowest BCUT2D eigenvalue weighted by atomic mass is 10.2. The van der Waals surface area contributed by atoms with Crippen LogP contribution in [0.4, 0.5) is 14.5 Å². The summed E-state index contributed by atoms with van der Waals surface area (Å²) in [7, 11) is 1.47. The fourth-order valence-electron chi connectivity index (χ4n) is 3.29. The van der Waals surface area contributed by atoms with E-state index in [0.717, 1.165) is 16.7 Å². The number of anilines is 1. The Kier molecular flexibility index (Phi) is 6.30. The molecule has 0 aliphatic carbocycles. The van der Waals surface area contributed by atoms with Crippen molar-refractivity contribution in [3.05, 3.63) is 117 Å². The van der Waals surface area contributed by atoms with Crippen LogP contribution in [0, 0.1) is 11.6 Å². The number of hydrogen-bond acceptors (Lipinski definition) is 5. The lowest BCUT2D eigenvalue weighted by Gasteiger charge is -2.13. The number of amides is 1. The maximum Gasteiger partial charge on any atom is 0.352 e. The number of benzene rings is 3. The van der Waals surface area contributed by atoms with Crippen LogP contribution in [-0.4, -0.2) is 27.4 Å². The normalized spacial score (nSPS) is 10.7. The van der Waals surface area contributed by atoms with Gasteiger partial charge in [0, 0.05) is 5.69 Å². The minimum absolute atomic E-state index is 0.0780. The van der Waals surface area contributed by atoms with Gasteiger partial charge in [0.25, 0.3) is 11.5 Å². The molecule has 3 aromatic carbocycles. The maximum atomic E-state index is 14.5. The zero-order valence-electron chi connectivity index (χ0n) is 17.9. The van der Waals surface area contributed by atoms with Crippen molar-refractivity contribution < 1.29 is 18.3 Å². The number of carbonyl (C=O) groups excluding carboxylic acids is 1. The summed E-state index contributed by atoms with van der Waals surface area (Å²) in [5.41, 5.74) is -2.24. The zero-order valence-corrected chi connectivity index (χ0v) is 17.9. The molecule has 1 N–H and O–H groups in total. The Labute approximate surface area is 191 Å². The molecular formula is C24H18F2N4O4. The largest absolute Gasteiger partial charge is 0.497 e. The van der Waals surface area contributed by atoms with Crippen LogP contribution in [0.2, 0.25) is 0 Å². The molecule has 34 heavy (non-hydrogen) atoms. The molecule has 0 aliphatic rings. The highest BCUT2D eigenvalue weighted by atomic mass is 19.1. The van der Waals surface area contributed by atoms with Crippen LogP contribution in [0.3, 0.4) is 0 Å². The lowest BCUT2D eigenvalue weighted by Crippen LogP contribution is -2.45. The molecule has 0 atom stereocenters. The number of methoxy groups -OCH3 is 1. The van der Waals surface area contributed by atoms with Gasteiger partial charge in [-0.3, -0.25) is 14.2 Å². The Hall–Kier alpha value is -4.60. The molecule has 4 aromatic rings. The summed E-state index contributed by atoms with van der Waals surface area (Å²) in [6.45, 7) is -0.230. The van der Waals surface area contributed by atoms with Crippen LogP contribution in [-0.2, 0) is 6.54 Å². The van der Waals surface area contributed by atoms with Gasteiger partial charge in [-0.05, 0) is 48.0 Å². The van der Waals surface area contributed by atoms with E-state index in [2.05, 4.69) is 10.4 Å². The monoisotopic (exact) mass is 464 g/mol. The molecule has 4 rings (SSSR count). The molecule has 8 nitrogen and oxygen atoms in total. The summed E-state index contributed by atoms with van der Waals surface area (Å²) in [4.78, 5) is 39.2. The van der Waals surface area contributed by atoms with E-state index in [9.17, 15) is 23.2 Å². The van der Waals surface area contributed by atoms with Crippen LogP contribution >= 0.6 is 0 Å². The Bertz CT molecular complexity index is 1500. The second-order valence-corrected chi connectivity index (χ2v) is 7.20. The molecule has 0 aliphatic heterocycles. The SMILES string of the molecule is COc1cccc(Cn2c(=O)c(C(=O)Nc3cccc(F)c3)nn(-c3ccccc3F)c2=O)c1. The number of para-hydroxylation sites is 1. The van der Waals surface area contributed by atoms with Gasteiger partial charge < -0.3 is 10.1 Å². The third kappa shape index (κ3) is 4.60. The summed E-state index contributed by atoms with van der Waals surface area (Å²) in [6.07, 6.45) is 0. The van der Waals surface area contributed by atoms with Gasteiger partial charge in [0.15, 0.2) is 0 Å². The number of halogens is 2. The van der Waals surface area contributed by atoms with Gasteiger partial charge in [-0.25, -0.2) is 13.6 Å². The summed E-state index contributed by atoms with van der Waals surface area (Å²) >= 11 is 0. The predicted molar refractivity (Wildman–Crippen MR) is 121 cm³/mol. The van der Waals surface area contributed by atoms with Gasteiger partial charge in [-0.2, -0.15) is 9.78 Å². The number of carbonyl (C=O) groups is 1. The number of ether oxygens (including phenoxy) is 1. The highest BCUT2D eigenvalue weighted by molar-refractivity contribution is 6.02. The minimum Gasteiger partial charge on any atom is -0.497 e. The molecule has 1 amide bonds. The van der Waals surface area contributed by atoms with Crippen LogP contribution in [0.1, 0.15) is 16.1 Å². The molecule has 0 saturated heterocycles. The molecule has 0 fully saturated rings. The second-order valence-electron chi connectivity index (χ2n) is 7.20. The summed E-state index contributed by atoms with van der Waals surface area (Å²) in [5, 5.41) is 6.24. The first-order valence-electron chi connectivity index (χ1n) is 10.1. The third-order valence-electron chi connectivity index (χ3n) is 4.91. The zero-order chi connectivity index (χ0) is 24.2. The number of aromatic nitrogens is 3. The Morgan fingerprint density at radius 3 is 2.50 bits per heavy atom. The quantitative estimate of drug-likeness (QED) is 0.474. The van der Waals surface area contributed by atoms with Gasteiger partial charge in [0.05, 0.1) is 13.7 Å². The van der Waals surface area contributed by atoms with E-state index in [1.54, 1.807) is 24.3 Å². The summed E-state index contributed by atoms with van der Waals surface area (Å²) in [5.74, 6) is -1.86. The first-order chi connectivity index (χ1) is 16.4. The third-order valence-corrected chi connectivity index (χ3v) is 4.91. The van der Waals surface area contributed by atoms with Crippen molar-refractivity contribution in [1.29, 1.82) is 0 Å². The van der Waals surface area contributed by atoms with E-state index >= 15 is 0 Å². The van der Waals surface area contributed by atoms with Gasteiger partial charge in [-0.1, -0.05) is 30.3 Å². The van der Waals surface area contributed by atoms with Crippen molar-refractivity contribution in [3.63, 3.8) is 0 Å². The van der Waals surface area contributed by atoms with Crippen LogP contribution in [0.5, 0.6) is 5.75 Å². The Balaban J connectivity index is 1.87. The molecule has 0 unspecified atom stereocenters. The van der Waals surface area contributed by atoms with Crippen molar-refractivity contribution >= 4 is 11.6 Å². The molecule has 172 valence electrons. The average Bonchev–Trinajstić information content (AvgIpc) is 2.82. The number of nitrogens with one attached hydrogen (secondary N) is 1. The van der Waals surface area contributed by atoms with Crippen molar-refractivity contribution in [3.8, 4) is 11.4 Å². The van der Waals surface area contributed by atoms with Crippen LogP contribution < -0.4 is 21.3 Å². The highest BCUT2D eigenvalue weighted by Gasteiger charge is 2.22. The number of hydrogen-bond donors (Lipinski definition) is 1. The Morgan fingerprint density at radius 1 is 1.00 bits per heavy atom. The molecule has 1 aromatic heterocycles. The van der Waals surface area contributed by atoms with Crippen LogP contribution in [0.15, 0.2) is 82.4 Å². The maximum absolute atomic E-state index is 14.5. The van der Waals surface area contributed by atoms with Gasteiger partial charge in [0.2, 0.25) is 5.69 Å². The number of rotatable bonds is 6.